The molecule has 1 N–H and O–H groups in total. The molecule has 2 aromatic carbocycles. The first kappa shape index (κ1) is 17.5. The number of sulfonamides is 1. The number of hydrogen-bond donors (Lipinski definition) is 1. The number of ether oxygens (including phenoxy) is 1. The van der Waals surface area contributed by atoms with E-state index in [1.165, 1.54) is 42.0 Å². The summed E-state index contributed by atoms with van der Waals surface area (Å²) in [6.07, 6.45) is 0. The van der Waals surface area contributed by atoms with Crippen LogP contribution in [0.25, 0.3) is 10.9 Å². The van der Waals surface area contributed by atoms with Gasteiger partial charge in [-0.05, 0) is 42.5 Å². The number of benzene rings is 2. The Kier molecular flexibility index (Phi) is 4.40. The maximum Gasteiger partial charge on any atom is 0.262 e. The van der Waals surface area contributed by atoms with Gasteiger partial charge in [-0.15, -0.1) is 0 Å². The van der Waals surface area contributed by atoms with Crippen LogP contribution < -0.4 is 15.0 Å². The molecule has 8 heteroatoms. The summed E-state index contributed by atoms with van der Waals surface area (Å²) in [6.45, 7) is 0. The van der Waals surface area contributed by atoms with Gasteiger partial charge in [0.15, 0.2) is 5.75 Å². The van der Waals surface area contributed by atoms with E-state index in [4.69, 9.17) is 10.00 Å². The molecule has 7 nitrogen and oxygen atoms in total. The summed E-state index contributed by atoms with van der Waals surface area (Å²) in [5.41, 5.74) is 1.07. The van der Waals surface area contributed by atoms with Gasteiger partial charge in [-0.3, -0.25) is 9.52 Å². The largest absolute Gasteiger partial charge is 0.494 e. The highest BCUT2D eigenvalue weighted by Gasteiger charge is 2.18. The molecule has 3 rings (SSSR count). The lowest BCUT2D eigenvalue weighted by molar-refractivity contribution is 0.421. The highest BCUT2D eigenvalue weighted by Crippen LogP contribution is 2.34. The molecule has 132 valence electrons. The number of fused-ring (bicyclic) bond motifs is 1. The van der Waals surface area contributed by atoms with Gasteiger partial charge >= 0.3 is 0 Å². The van der Waals surface area contributed by atoms with Gasteiger partial charge in [0.2, 0.25) is 0 Å². The number of nitrogens with one attached hydrogen (secondary N) is 1. The van der Waals surface area contributed by atoms with Crippen LogP contribution in [0.3, 0.4) is 0 Å². The Hall–Kier alpha value is -3.31. The third kappa shape index (κ3) is 3.00. The third-order valence-corrected chi connectivity index (χ3v) is 5.38. The number of nitrogens with zero attached hydrogens (tertiary/aromatic N) is 2. The van der Waals surface area contributed by atoms with Crippen LogP contribution >= 0.6 is 0 Å². The summed E-state index contributed by atoms with van der Waals surface area (Å²) in [4.78, 5) is 11.8. The van der Waals surface area contributed by atoms with E-state index < -0.39 is 10.0 Å². The predicted molar refractivity (Wildman–Crippen MR) is 97.7 cm³/mol. The van der Waals surface area contributed by atoms with Crippen LogP contribution in [0.1, 0.15) is 5.56 Å². The normalized spacial score (nSPS) is 11.1. The zero-order valence-corrected chi connectivity index (χ0v) is 14.9. The number of methoxy groups -OCH3 is 1. The molecule has 0 atom stereocenters. The summed E-state index contributed by atoms with van der Waals surface area (Å²) < 4.78 is 34.6. The van der Waals surface area contributed by atoms with Crippen molar-refractivity contribution >= 4 is 26.6 Å². The maximum atomic E-state index is 12.6. The molecule has 0 unspecified atom stereocenters. The molecule has 26 heavy (non-hydrogen) atoms. The lowest BCUT2D eigenvalue weighted by Crippen LogP contribution is -2.16. The first-order valence-electron chi connectivity index (χ1n) is 7.57. The molecular weight excluding hydrogens is 354 g/mol. The fourth-order valence-electron chi connectivity index (χ4n) is 2.64. The van der Waals surface area contributed by atoms with Gasteiger partial charge in [-0.25, -0.2) is 8.42 Å². The minimum Gasteiger partial charge on any atom is -0.494 e. The van der Waals surface area contributed by atoms with Crippen molar-refractivity contribution in [2.24, 2.45) is 7.05 Å². The number of aromatic nitrogens is 1. The number of aryl methyl sites for hydroxylation is 1. The molecule has 0 aliphatic heterocycles. The molecule has 0 amide bonds. The SMILES string of the molecule is COc1c(NS(=O)(=O)c2ccc(C#N)cc2)ccc2c1ccc(=O)n2C. The van der Waals surface area contributed by atoms with E-state index in [0.29, 0.717) is 22.2 Å². The molecule has 0 saturated carbocycles. The second kappa shape index (κ2) is 6.54. The zero-order chi connectivity index (χ0) is 18.9. The first-order chi connectivity index (χ1) is 12.4. The van der Waals surface area contributed by atoms with Crippen LogP contribution in [0.15, 0.2) is 58.2 Å². The van der Waals surface area contributed by atoms with Crippen molar-refractivity contribution in [3.63, 3.8) is 0 Å². The van der Waals surface area contributed by atoms with Crippen molar-refractivity contribution in [2.45, 2.75) is 4.90 Å². The Bertz CT molecular complexity index is 1190. The maximum absolute atomic E-state index is 12.6. The predicted octanol–water partition coefficient (Wildman–Crippen LogP) is 2.22. The van der Waals surface area contributed by atoms with Crippen LogP contribution in [0.4, 0.5) is 5.69 Å². The Morgan fingerprint density at radius 3 is 2.38 bits per heavy atom. The number of nitriles is 1. The van der Waals surface area contributed by atoms with E-state index in [1.807, 2.05) is 6.07 Å². The van der Waals surface area contributed by atoms with E-state index in [-0.39, 0.29) is 16.1 Å². The van der Waals surface area contributed by atoms with Gasteiger partial charge in [0.25, 0.3) is 15.6 Å². The smallest absolute Gasteiger partial charge is 0.262 e. The molecule has 1 heterocycles. The molecule has 0 aliphatic rings. The minimum atomic E-state index is -3.87. The Balaban J connectivity index is 2.09. The van der Waals surface area contributed by atoms with Gasteiger partial charge in [0, 0.05) is 18.5 Å². The number of hydrogen-bond acceptors (Lipinski definition) is 5. The molecule has 1 aromatic heterocycles. The molecule has 0 saturated heterocycles. The van der Waals surface area contributed by atoms with E-state index in [1.54, 1.807) is 25.2 Å². The quantitative estimate of drug-likeness (QED) is 0.760. The number of pyridine rings is 1. The zero-order valence-electron chi connectivity index (χ0n) is 14.1. The van der Waals surface area contributed by atoms with Gasteiger partial charge in [0.1, 0.15) is 0 Å². The van der Waals surface area contributed by atoms with Crippen molar-refractivity contribution in [1.29, 1.82) is 5.26 Å². The van der Waals surface area contributed by atoms with Crippen molar-refractivity contribution in [3.8, 4) is 11.8 Å². The summed E-state index contributed by atoms with van der Waals surface area (Å²) in [5, 5.41) is 9.43. The lowest BCUT2D eigenvalue weighted by atomic mass is 10.1. The molecule has 0 aliphatic carbocycles. The van der Waals surface area contributed by atoms with Gasteiger partial charge in [-0.2, -0.15) is 5.26 Å². The fourth-order valence-corrected chi connectivity index (χ4v) is 3.70. The molecule has 0 spiro atoms. The highest BCUT2D eigenvalue weighted by molar-refractivity contribution is 7.92. The van der Waals surface area contributed by atoms with Crippen LogP contribution in [0.2, 0.25) is 0 Å². The van der Waals surface area contributed by atoms with Crippen LogP contribution in [0.5, 0.6) is 5.75 Å². The first-order valence-corrected chi connectivity index (χ1v) is 9.05. The average molecular weight is 369 g/mol. The van der Waals surface area contributed by atoms with Crippen LogP contribution in [0, 0.1) is 11.3 Å². The second-order valence-electron chi connectivity index (χ2n) is 5.55. The average Bonchev–Trinajstić information content (AvgIpc) is 2.64. The molecule has 0 bridgehead atoms. The second-order valence-corrected chi connectivity index (χ2v) is 7.23. The standard InChI is InChI=1S/C18H15N3O4S/c1-21-16-9-8-15(18(25-2)14(16)7-10-17(21)22)20-26(23,24)13-5-3-12(11-19)4-6-13/h3-10,20H,1-2H3. The summed E-state index contributed by atoms with van der Waals surface area (Å²) in [6, 6.07) is 13.7. The third-order valence-electron chi connectivity index (χ3n) is 4.00. The number of rotatable bonds is 4. The minimum absolute atomic E-state index is 0.0270. The van der Waals surface area contributed by atoms with Crippen LogP contribution in [-0.2, 0) is 17.1 Å². The van der Waals surface area contributed by atoms with E-state index >= 15 is 0 Å². The van der Waals surface area contributed by atoms with Crippen molar-refractivity contribution in [2.75, 3.05) is 11.8 Å². The van der Waals surface area contributed by atoms with Gasteiger partial charge in [0.05, 0.1) is 34.8 Å². The Morgan fingerprint density at radius 1 is 1.08 bits per heavy atom. The van der Waals surface area contributed by atoms with Crippen molar-refractivity contribution in [1.82, 2.24) is 4.57 Å². The topological polar surface area (TPSA) is 101 Å². The number of anilines is 1. The van der Waals surface area contributed by atoms with Gasteiger partial charge < -0.3 is 9.30 Å². The summed E-state index contributed by atoms with van der Waals surface area (Å²) >= 11 is 0. The lowest BCUT2D eigenvalue weighted by Gasteiger charge is -2.15. The van der Waals surface area contributed by atoms with E-state index in [0.717, 1.165) is 0 Å². The molecule has 0 fully saturated rings. The monoisotopic (exact) mass is 369 g/mol. The molecule has 3 aromatic rings. The molecule has 0 radical (unpaired) electrons. The van der Waals surface area contributed by atoms with Crippen molar-refractivity contribution < 1.29 is 13.2 Å². The highest BCUT2D eigenvalue weighted by atomic mass is 32.2. The van der Waals surface area contributed by atoms with E-state index in [9.17, 15) is 13.2 Å². The van der Waals surface area contributed by atoms with E-state index in [2.05, 4.69) is 4.72 Å². The fraction of sp³-hybridized carbons (Fsp3) is 0.111. The summed E-state index contributed by atoms with van der Waals surface area (Å²) in [7, 11) is -0.806. The Labute approximate surface area is 150 Å². The van der Waals surface area contributed by atoms with Gasteiger partial charge in [-0.1, -0.05) is 0 Å². The Morgan fingerprint density at radius 2 is 1.77 bits per heavy atom. The summed E-state index contributed by atoms with van der Waals surface area (Å²) in [5.74, 6) is 0.315. The molecular formula is C18H15N3O4S. The van der Waals surface area contributed by atoms with Crippen molar-refractivity contribution in [3.05, 3.63) is 64.4 Å². The van der Waals surface area contributed by atoms with Crippen LogP contribution in [-0.4, -0.2) is 20.1 Å².